The van der Waals surface area contributed by atoms with Crippen molar-refractivity contribution in [3.8, 4) is 0 Å². The molecule has 0 aromatic carbocycles. The minimum atomic E-state index is -5.17. The number of nitrogens with zero attached hydrogens (tertiary/aromatic N) is 4. The van der Waals surface area contributed by atoms with Crippen LogP contribution in [-0.2, 0) is 10.0 Å². The third-order valence-electron chi connectivity index (χ3n) is 5.61. The number of sulfonamides is 1. The van der Waals surface area contributed by atoms with Gasteiger partial charge in [-0.3, -0.25) is 9.36 Å². The predicted molar refractivity (Wildman–Crippen MR) is 115 cm³/mol. The van der Waals surface area contributed by atoms with Gasteiger partial charge in [-0.1, -0.05) is 0 Å². The molecule has 3 heterocycles. The molecular formula is C20H27F2N5O4S. The first-order valence-corrected chi connectivity index (χ1v) is 11.1. The van der Waals surface area contributed by atoms with Crippen molar-refractivity contribution < 1.29 is 34.6 Å². The van der Waals surface area contributed by atoms with Crippen molar-refractivity contribution in [3.05, 3.63) is 28.2 Å². The number of pyridine rings is 1. The van der Waals surface area contributed by atoms with Crippen LogP contribution in [0.3, 0.4) is 0 Å². The van der Waals surface area contributed by atoms with E-state index in [-0.39, 0.29) is 28.2 Å². The van der Waals surface area contributed by atoms with Crippen molar-refractivity contribution in [2.45, 2.75) is 63.0 Å². The summed E-state index contributed by atoms with van der Waals surface area (Å²) in [7, 11) is -5.17. The normalized spacial score (nSPS) is 34.6. The van der Waals surface area contributed by atoms with Crippen molar-refractivity contribution in [1.29, 1.82) is 0 Å². The summed E-state index contributed by atoms with van der Waals surface area (Å²) >= 11 is 0. The highest BCUT2D eigenvalue weighted by molar-refractivity contribution is 7.88. The molecule has 2 aliphatic rings. The molecule has 2 fully saturated rings. The fourth-order valence-corrected chi connectivity index (χ4v) is 4.44. The van der Waals surface area contributed by atoms with Crippen molar-refractivity contribution in [1.82, 2.24) is 18.8 Å². The number of aliphatic hydroxyl groups is 1. The Morgan fingerprint density at radius 3 is 2.78 bits per heavy atom. The molecule has 0 unspecified atom stereocenters. The molecule has 1 saturated carbocycles. The molecule has 0 radical (unpaired) electrons. The number of nitrogens with one attached hydrogen (secondary N) is 1. The van der Waals surface area contributed by atoms with Gasteiger partial charge in [0.2, 0.25) is 16.0 Å². The molecule has 32 heavy (non-hydrogen) atoms. The van der Waals surface area contributed by atoms with Crippen LogP contribution in [0.15, 0.2) is 17.1 Å². The number of fused-ring (bicyclic) bond motifs is 1. The van der Waals surface area contributed by atoms with E-state index in [1.54, 1.807) is 0 Å². The fourth-order valence-electron chi connectivity index (χ4n) is 3.97. The maximum atomic E-state index is 14.0. The van der Waals surface area contributed by atoms with E-state index in [4.69, 9.17) is 12.3 Å². The standard InChI is InChI=1S/C20H27F2N5O4S/c1-20(29)7-3-4-15(20)27-17-12(10-14(16(21)22)18(27)28)11-23-19(25-17)24-13-5-8-26(9-6-13)32(2,30)31/h10-11,13,15-16,29H,3-9H2,1-2H3,(H,23,24,25)/t15-,20-/m1/s1/i2D3,5D2,6D2,13D,16D. The van der Waals surface area contributed by atoms with Crippen molar-refractivity contribution >= 4 is 27.0 Å². The monoisotopic (exact) mass is 480 g/mol. The Bertz CT molecular complexity index is 1530. The van der Waals surface area contributed by atoms with E-state index in [1.165, 1.54) is 6.92 Å². The molecule has 4 rings (SSSR count). The maximum absolute atomic E-state index is 14.0. The Hall–Kier alpha value is -2.18. The summed E-state index contributed by atoms with van der Waals surface area (Å²) in [6.45, 7) is -1.03. The minimum Gasteiger partial charge on any atom is -0.388 e. The van der Waals surface area contributed by atoms with Gasteiger partial charge in [-0.05, 0) is 45.0 Å². The molecule has 0 amide bonds. The first-order valence-electron chi connectivity index (χ1n) is 14.2. The number of hydrogen-bond acceptors (Lipinski definition) is 7. The lowest BCUT2D eigenvalue weighted by molar-refractivity contribution is 0.0261. The van der Waals surface area contributed by atoms with E-state index in [1.807, 2.05) is 0 Å². The highest BCUT2D eigenvalue weighted by atomic mass is 32.2. The van der Waals surface area contributed by atoms with E-state index in [9.17, 15) is 27.1 Å². The molecule has 0 bridgehead atoms. The number of rotatable bonds is 5. The van der Waals surface area contributed by atoms with Crippen LogP contribution < -0.4 is 10.9 Å². The van der Waals surface area contributed by atoms with Gasteiger partial charge in [0.25, 0.3) is 12.0 Å². The van der Waals surface area contributed by atoms with Crippen molar-refractivity contribution in [3.63, 3.8) is 0 Å². The summed E-state index contributed by atoms with van der Waals surface area (Å²) in [6, 6.07) is -3.38. The van der Waals surface area contributed by atoms with E-state index in [0.29, 0.717) is 12.5 Å². The molecule has 1 saturated heterocycles. The van der Waals surface area contributed by atoms with Gasteiger partial charge in [0.1, 0.15) is 7.02 Å². The second kappa shape index (κ2) is 8.31. The number of halogens is 2. The average Bonchev–Trinajstić information content (AvgIpc) is 3.13. The number of anilines is 1. The maximum Gasteiger partial charge on any atom is 0.269 e. The van der Waals surface area contributed by atoms with Crippen LogP contribution in [-0.4, -0.2) is 63.3 Å². The second-order valence-electron chi connectivity index (χ2n) is 7.86. The van der Waals surface area contributed by atoms with Crippen molar-refractivity contribution in [2.24, 2.45) is 0 Å². The molecule has 1 aliphatic heterocycles. The smallest absolute Gasteiger partial charge is 0.269 e. The van der Waals surface area contributed by atoms with Crippen LogP contribution in [0.1, 0.15) is 69.3 Å². The molecule has 0 spiro atoms. The van der Waals surface area contributed by atoms with Crippen LogP contribution in [0.5, 0.6) is 0 Å². The Kier molecular flexibility index (Phi) is 3.68. The molecule has 2 N–H and O–H groups in total. The van der Waals surface area contributed by atoms with Gasteiger partial charge in [0.05, 0.1) is 24.8 Å². The van der Waals surface area contributed by atoms with E-state index in [0.717, 1.165) is 10.8 Å². The minimum absolute atomic E-state index is 0.109. The largest absolute Gasteiger partial charge is 0.388 e. The molecule has 9 nitrogen and oxygen atoms in total. The SMILES string of the molecule is [2H]C(F)(F)c1cc2cnc(NC3([2H])C([2H])([2H])CN(S(=O)(=O)C([2H])([2H])[2H])CC3([2H])[2H])nc2n([C@@H]2CCC[C@@]2(C)O)c1=O. The lowest BCUT2D eigenvalue weighted by Gasteiger charge is -2.31. The van der Waals surface area contributed by atoms with Crippen molar-refractivity contribution in [2.75, 3.05) is 24.6 Å². The van der Waals surface area contributed by atoms with Gasteiger partial charge in [-0.2, -0.15) is 4.98 Å². The van der Waals surface area contributed by atoms with Gasteiger partial charge in [-0.15, -0.1) is 0 Å². The van der Waals surface area contributed by atoms with Crippen LogP contribution in [0.2, 0.25) is 0 Å². The molecule has 1 aliphatic carbocycles. The summed E-state index contributed by atoms with van der Waals surface area (Å²) in [5.41, 5.74) is -4.37. The number of aromatic nitrogens is 3. The lowest BCUT2D eigenvalue weighted by Crippen LogP contribution is -2.42. The summed E-state index contributed by atoms with van der Waals surface area (Å²) in [5, 5.41) is 12.9. The fraction of sp³-hybridized carbons (Fsp3) is 0.650. The number of piperidine rings is 1. The van der Waals surface area contributed by atoms with Crippen LogP contribution in [0, 0.1) is 0 Å². The van der Waals surface area contributed by atoms with E-state index < -0.39 is 83.2 Å². The summed E-state index contributed by atoms with van der Waals surface area (Å²) in [6.07, 6.45) is -12.3. The Labute approximate surface area is 197 Å². The quantitative estimate of drug-likeness (QED) is 0.672. The third-order valence-corrected chi connectivity index (χ3v) is 6.55. The Morgan fingerprint density at radius 2 is 2.19 bits per heavy atom. The molecule has 12 heteroatoms. The van der Waals surface area contributed by atoms with Crippen LogP contribution in [0.25, 0.3) is 11.0 Å². The highest BCUT2D eigenvalue weighted by Gasteiger charge is 2.40. The Morgan fingerprint density at radius 1 is 1.47 bits per heavy atom. The first-order chi connectivity index (χ1) is 18.4. The molecule has 2 aromatic heterocycles. The zero-order chi connectivity index (χ0) is 31.2. The van der Waals surface area contributed by atoms with Gasteiger partial charge >= 0.3 is 0 Å². The number of alkyl halides is 2. The number of hydrogen-bond donors (Lipinski definition) is 2. The van der Waals surface area contributed by atoms with Crippen LogP contribution in [0.4, 0.5) is 14.7 Å². The summed E-state index contributed by atoms with van der Waals surface area (Å²) < 4.78 is 125. The average molecular weight is 481 g/mol. The van der Waals surface area contributed by atoms with Crippen LogP contribution >= 0.6 is 0 Å². The Balaban J connectivity index is 1.85. The predicted octanol–water partition coefficient (Wildman–Crippen LogP) is 2.04. The zero-order valence-electron chi connectivity index (χ0n) is 25.9. The molecule has 2 atom stereocenters. The zero-order valence-corrected chi connectivity index (χ0v) is 17.7. The van der Waals surface area contributed by atoms with Gasteiger partial charge in [0, 0.05) is 40.3 Å². The summed E-state index contributed by atoms with van der Waals surface area (Å²) in [4.78, 5) is 21.1. The second-order valence-corrected chi connectivity index (χ2v) is 9.32. The van der Waals surface area contributed by atoms with Gasteiger partial charge in [0.15, 0.2) is 0 Å². The molecule has 2 aromatic rings. The first kappa shape index (κ1) is 14.2. The van der Waals surface area contributed by atoms with Gasteiger partial charge in [-0.25, -0.2) is 26.5 Å². The summed E-state index contributed by atoms with van der Waals surface area (Å²) in [5.74, 6) is -0.636. The van der Waals surface area contributed by atoms with Gasteiger partial charge < -0.3 is 10.4 Å². The molecular weight excluding hydrogens is 444 g/mol. The van der Waals surface area contributed by atoms with E-state index in [2.05, 4.69) is 15.3 Å². The molecule has 176 valence electrons. The van der Waals surface area contributed by atoms with E-state index >= 15 is 0 Å². The highest BCUT2D eigenvalue weighted by Crippen LogP contribution is 2.39. The topological polar surface area (TPSA) is 117 Å². The lowest BCUT2D eigenvalue weighted by atomic mass is 9.99. The third kappa shape index (κ3) is 4.35.